The molecule has 0 fully saturated rings. The molecule has 1 unspecified atom stereocenters. The summed E-state index contributed by atoms with van der Waals surface area (Å²) in [6.45, 7) is 4.72. The molecule has 2 aromatic rings. The minimum atomic E-state index is -1.06. The van der Waals surface area contributed by atoms with Crippen LogP contribution in [-0.2, 0) is 25.6 Å². The molecule has 0 aliphatic carbocycles. The molecule has 0 aliphatic rings. The van der Waals surface area contributed by atoms with Crippen LogP contribution in [0.25, 0.3) is 0 Å². The minimum Gasteiger partial charge on any atom is -0.478 e. The number of hydrogen-bond acceptors (Lipinski definition) is 7. The number of amides is 1. The maximum atomic E-state index is 13.3. The van der Waals surface area contributed by atoms with Crippen molar-refractivity contribution in [2.24, 2.45) is 0 Å². The number of unbranched alkanes of at least 4 members (excludes halogenated alkanes) is 1. The number of halogens is 1. The van der Waals surface area contributed by atoms with Crippen molar-refractivity contribution < 1.29 is 33.7 Å². The number of benzene rings is 2. The number of carbonyl (C=O) groups excluding carboxylic acids is 2. The second-order valence-corrected chi connectivity index (χ2v) is 10.2. The summed E-state index contributed by atoms with van der Waals surface area (Å²) < 4.78 is 16.2. The van der Waals surface area contributed by atoms with Crippen LogP contribution in [0.2, 0.25) is 5.02 Å². The van der Waals surface area contributed by atoms with Crippen LogP contribution in [0, 0.1) is 0 Å². The van der Waals surface area contributed by atoms with Gasteiger partial charge in [-0.15, -0.1) is 0 Å². The lowest BCUT2D eigenvalue weighted by atomic mass is 9.96. The molecule has 0 radical (unpaired) electrons. The Bertz CT molecular complexity index is 1070. The third-order valence-electron chi connectivity index (χ3n) is 5.71. The zero-order valence-electron chi connectivity index (χ0n) is 22.1. The maximum Gasteiger partial charge on any atom is 0.335 e. The molecular formula is C28H36ClNO7S. The topological polar surface area (TPSA) is 102 Å². The molecule has 0 saturated heterocycles. The minimum absolute atomic E-state index is 0.0760. The number of esters is 1. The smallest absolute Gasteiger partial charge is 0.335 e. The van der Waals surface area contributed by atoms with E-state index in [4.69, 9.17) is 25.8 Å². The zero-order chi connectivity index (χ0) is 27.9. The molecule has 0 aliphatic heterocycles. The summed E-state index contributed by atoms with van der Waals surface area (Å²) in [7, 11) is 0. The third kappa shape index (κ3) is 10.9. The fourth-order valence-electron chi connectivity index (χ4n) is 3.60. The molecule has 1 atom stereocenters. The molecule has 0 bridgehead atoms. The van der Waals surface area contributed by atoms with Crippen LogP contribution in [0.1, 0.15) is 60.5 Å². The summed E-state index contributed by atoms with van der Waals surface area (Å²) in [6, 6.07) is 11.6. The molecule has 0 heterocycles. The SMILES string of the molecule is CCCCOC(=O)CN(Cc1cccc(C(=O)O)c1)C(=O)CC(C)c1ccc(OCOCCSC)cc1Cl. The molecular weight excluding hydrogens is 530 g/mol. The van der Waals surface area contributed by atoms with E-state index in [-0.39, 0.29) is 50.3 Å². The number of ether oxygens (including phenoxy) is 3. The van der Waals surface area contributed by atoms with Crippen molar-refractivity contribution >= 4 is 41.2 Å². The normalized spacial score (nSPS) is 11.6. The Morgan fingerprint density at radius 1 is 1.13 bits per heavy atom. The van der Waals surface area contributed by atoms with E-state index in [0.29, 0.717) is 22.9 Å². The van der Waals surface area contributed by atoms with Gasteiger partial charge in [-0.25, -0.2) is 4.79 Å². The molecule has 0 spiro atoms. The highest BCUT2D eigenvalue weighted by atomic mass is 35.5. The fraction of sp³-hybridized carbons (Fsp3) is 0.464. The Hall–Kier alpha value is -2.75. The molecule has 208 valence electrons. The number of thioether (sulfide) groups is 1. The molecule has 38 heavy (non-hydrogen) atoms. The van der Waals surface area contributed by atoms with E-state index in [1.165, 1.54) is 17.0 Å². The highest BCUT2D eigenvalue weighted by molar-refractivity contribution is 7.98. The molecule has 0 saturated carbocycles. The molecule has 1 amide bonds. The van der Waals surface area contributed by atoms with Crippen LogP contribution >= 0.6 is 23.4 Å². The van der Waals surface area contributed by atoms with Crippen molar-refractivity contribution in [3.63, 3.8) is 0 Å². The largest absolute Gasteiger partial charge is 0.478 e. The van der Waals surface area contributed by atoms with Crippen molar-refractivity contribution in [2.75, 3.05) is 38.6 Å². The fourth-order valence-corrected chi connectivity index (χ4v) is 4.24. The number of carboxylic acids is 1. The van der Waals surface area contributed by atoms with Crippen LogP contribution in [0.4, 0.5) is 0 Å². The number of aromatic carboxylic acids is 1. The van der Waals surface area contributed by atoms with Crippen LogP contribution in [-0.4, -0.2) is 66.4 Å². The first-order valence-corrected chi connectivity index (χ1v) is 14.3. The van der Waals surface area contributed by atoms with Crippen molar-refractivity contribution in [3.05, 3.63) is 64.2 Å². The number of hydrogen-bond donors (Lipinski definition) is 1. The maximum absolute atomic E-state index is 13.3. The van der Waals surface area contributed by atoms with Gasteiger partial charge >= 0.3 is 11.9 Å². The molecule has 8 nitrogen and oxygen atoms in total. The van der Waals surface area contributed by atoms with Gasteiger partial charge < -0.3 is 24.2 Å². The quantitative estimate of drug-likeness (QED) is 0.150. The summed E-state index contributed by atoms with van der Waals surface area (Å²) in [5, 5.41) is 9.77. The van der Waals surface area contributed by atoms with Gasteiger partial charge in [0.25, 0.3) is 0 Å². The number of carbonyl (C=O) groups is 3. The van der Waals surface area contributed by atoms with Crippen molar-refractivity contribution in [1.29, 1.82) is 0 Å². The third-order valence-corrected chi connectivity index (χ3v) is 6.61. The molecule has 2 rings (SSSR count). The van der Waals surface area contributed by atoms with Crippen LogP contribution in [0.3, 0.4) is 0 Å². The van der Waals surface area contributed by atoms with E-state index in [1.807, 2.05) is 26.2 Å². The predicted octanol–water partition coefficient (Wildman–Crippen LogP) is 5.62. The van der Waals surface area contributed by atoms with Gasteiger partial charge in [-0.3, -0.25) is 9.59 Å². The second kappa shape index (κ2) is 17.0. The van der Waals surface area contributed by atoms with E-state index in [9.17, 15) is 19.5 Å². The second-order valence-electron chi connectivity index (χ2n) is 8.78. The van der Waals surface area contributed by atoms with Gasteiger partial charge in [-0.1, -0.05) is 50.1 Å². The molecule has 0 aromatic heterocycles. The number of rotatable bonds is 17. The van der Waals surface area contributed by atoms with Crippen molar-refractivity contribution in [3.8, 4) is 5.75 Å². The summed E-state index contributed by atoms with van der Waals surface area (Å²) in [6.07, 6.45) is 3.72. The Balaban J connectivity index is 2.09. The van der Waals surface area contributed by atoms with Crippen molar-refractivity contribution in [1.82, 2.24) is 4.90 Å². The van der Waals surface area contributed by atoms with Crippen LogP contribution < -0.4 is 4.74 Å². The summed E-state index contributed by atoms with van der Waals surface area (Å²) >= 11 is 8.19. The Labute approximate surface area is 233 Å². The highest BCUT2D eigenvalue weighted by Crippen LogP contribution is 2.31. The van der Waals surface area contributed by atoms with Gasteiger partial charge in [0, 0.05) is 23.7 Å². The first-order chi connectivity index (χ1) is 18.2. The summed E-state index contributed by atoms with van der Waals surface area (Å²) in [5.41, 5.74) is 1.48. The molecule has 1 N–H and O–H groups in total. The van der Waals surface area contributed by atoms with E-state index in [2.05, 4.69) is 0 Å². The summed E-state index contributed by atoms with van der Waals surface area (Å²) in [5.74, 6) is -0.641. The lowest BCUT2D eigenvalue weighted by Crippen LogP contribution is -2.36. The Kier molecular flexibility index (Phi) is 14.0. The standard InChI is InChI=1S/C28H36ClNO7S/c1-4-5-11-36-27(32)18-30(17-21-7-6-8-22(15-21)28(33)34)26(31)14-20(2)24-10-9-23(16-25(24)29)37-19-35-12-13-38-3/h6-10,15-16,20H,4-5,11-14,17-19H2,1-3H3,(H,33,34). The monoisotopic (exact) mass is 565 g/mol. The lowest BCUT2D eigenvalue weighted by Gasteiger charge is -2.24. The van der Waals surface area contributed by atoms with Gasteiger partial charge in [-0.2, -0.15) is 11.8 Å². The van der Waals surface area contributed by atoms with E-state index in [1.54, 1.807) is 36.0 Å². The van der Waals surface area contributed by atoms with E-state index >= 15 is 0 Å². The zero-order valence-corrected chi connectivity index (χ0v) is 23.7. The van der Waals surface area contributed by atoms with E-state index in [0.717, 1.165) is 24.2 Å². The van der Waals surface area contributed by atoms with Gasteiger partial charge in [0.2, 0.25) is 5.91 Å². The van der Waals surface area contributed by atoms with Gasteiger partial charge in [0.1, 0.15) is 12.3 Å². The summed E-state index contributed by atoms with van der Waals surface area (Å²) in [4.78, 5) is 38.5. The van der Waals surface area contributed by atoms with Gasteiger partial charge in [0.15, 0.2) is 6.79 Å². The first kappa shape index (κ1) is 31.5. The molecule has 10 heteroatoms. The predicted molar refractivity (Wildman–Crippen MR) is 149 cm³/mol. The van der Waals surface area contributed by atoms with E-state index < -0.39 is 11.9 Å². The van der Waals surface area contributed by atoms with Gasteiger partial charge in [-0.05, 0) is 54.0 Å². The Morgan fingerprint density at radius 2 is 1.92 bits per heavy atom. The van der Waals surface area contributed by atoms with Crippen molar-refractivity contribution in [2.45, 2.75) is 45.6 Å². The number of nitrogens with zero attached hydrogens (tertiary/aromatic N) is 1. The average Bonchev–Trinajstić information content (AvgIpc) is 2.88. The lowest BCUT2D eigenvalue weighted by molar-refractivity contribution is -0.150. The molecule has 2 aromatic carbocycles. The van der Waals surface area contributed by atoms with Gasteiger partial charge in [0.05, 0.1) is 18.8 Å². The first-order valence-electron chi connectivity index (χ1n) is 12.5. The average molecular weight is 566 g/mol. The highest BCUT2D eigenvalue weighted by Gasteiger charge is 2.23. The van der Waals surface area contributed by atoms with Crippen LogP contribution in [0.5, 0.6) is 5.75 Å². The van der Waals surface area contributed by atoms with Crippen LogP contribution in [0.15, 0.2) is 42.5 Å². The number of carboxylic acid groups (broad SMARTS) is 1. The Morgan fingerprint density at radius 3 is 2.61 bits per heavy atom.